The first-order valence-corrected chi connectivity index (χ1v) is 6.32. The van der Waals surface area contributed by atoms with Crippen LogP contribution in [-0.4, -0.2) is 27.9 Å². The van der Waals surface area contributed by atoms with E-state index in [0.29, 0.717) is 5.56 Å². The van der Waals surface area contributed by atoms with Gasteiger partial charge in [-0.15, -0.1) is 0 Å². The van der Waals surface area contributed by atoms with Crippen molar-refractivity contribution < 1.29 is 29.0 Å². The monoisotopic (exact) mass is 303 g/mol. The molecule has 7 nitrogen and oxygen atoms in total. The van der Waals surface area contributed by atoms with Crippen molar-refractivity contribution in [1.82, 2.24) is 0 Å². The van der Waals surface area contributed by atoms with Gasteiger partial charge in [0, 0.05) is 6.42 Å². The fraction of sp³-hybridized carbons (Fsp3) is 0.133. The second-order valence-corrected chi connectivity index (χ2v) is 4.63. The first kappa shape index (κ1) is 15.5. The van der Waals surface area contributed by atoms with Crippen LogP contribution >= 0.6 is 0 Å². The lowest BCUT2D eigenvalue weighted by atomic mass is 10.0. The van der Waals surface area contributed by atoms with Crippen LogP contribution in [0.1, 0.15) is 38.3 Å². The molecule has 114 valence electrons. The van der Waals surface area contributed by atoms with Crippen LogP contribution in [0, 0.1) is 0 Å². The summed E-state index contributed by atoms with van der Waals surface area (Å²) < 4.78 is 4.99. The molecule has 0 saturated carbocycles. The van der Waals surface area contributed by atoms with Gasteiger partial charge in [0.15, 0.2) is 5.78 Å². The summed E-state index contributed by atoms with van der Waals surface area (Å²) in [5.41, 5.74) is 6.48. The van der Waals surface area contributed by atoms with Gasteiger partial charge in [-0.2, -0.15) is 0 Å². The number of hydrogen-bond donors (Lipinski definition) is 3. The van der Waals surface area contributed by atoms with E-state index in [9.17, 15) is 14.4 Å². The Morgan fingerprint density at radius 1 is 1.00 bits per heavy atom. The fourth-order valence-electron chi connectivity index (χ4n) is 1.87. The van der Waals surface area contributed by atoms with Gasteiger partial charge in [0.1, 0.15) is 11.8 Å². The first-order chi connectivity index (χ1) is 10.4. The molecule has 0 fully saturated rings. The summed E-state index contributed by atoms with van der Waals surface area (Å²) in [6.45, 7) is 0. The molecule has 22 heavy (non-hydrogen) atoms. The van der Waals surface area contributed by atoms with Crippen molar-refractivity contribution in [2.75, 3.05) is 0 Å². The maximum Gasteiger partial charge on any atom is 0.371 e. The fourth-order valence-corrected chi connectivity index (χ4v) is 1.87. The topological polar surface area (TPSA) is 131 Å². The largest absolute Gasteiger partial charge is 0.478 e. The van der Waals surface area contributed by atoms with Crippen molar-refractivity contribution in [1.29, 1.82) is 0 Å². The molecule has 1 atom stereocenters. The van der Waals surface area contributed by atoms with E-state index in [-0.39, 0.29) is 29.3 Å². The van der Waals surface area contributed by atoms with Gasteiger partial charge < -0.3 is 20.4 Å². The van der Waals surface area contributed by atoms with Crippen LogP contribution in [0.15, 0.2) is 40.8 Å². The molecule has 0 radical (unpaired) electrons. The molecule has 1 aromatic carbocycles. The number of nitrogens with two attached hydrogens (primary N) is 1. The van der Waals surface area contributed by atoms with Crippen LogP contribution in [0.4, 0.5) is 0 Å². The van der Waals surface area contributed by atoms with Crippen LogP contribution in [0.25, 0.3) is 0 Å². The molecule has 0 aliphatic carbocycles. The molecule has 7 heteroatoms. The number of ketones is 1. The van der Waals surface area contributed by atoms with Crippen molar-refractivity contribution in [3.8, 4) is 0 Å². The van der Waals surface area contributed by atoms with Crippen molar-refractivity contribution in [2.45, 2.75) is 12.5 Å². The lowest BCUT2D eigenvalue weighted by Gasteiger charge is -2.08. The lowest BCUT2D eigenvalue weighted by molar-refractivity contribution is -0.120. The Balaban J connectivity index is 2.07. The maximum atomic E-state index is 12.1. The molecule has 4 N–H and O–H groups in total. The average molecular weight is 303 g/mol. The number of furan rings is 1. The van der Waals surface area contributed by atoms with Crippen LogP contribution in [0.3, 0.4) is 0 Å². The Morgan fingerprint density at radius 3 is 2.14 bits per heavy atom. The number of carbonyl (C=O) groups excluding carboxylic acids is 1. The van der Waals surface area contributed by atoms with Crippen LogP contribution in [0.2, 0.25) is 0 Å². The van der Waals surface area contributed by atoms with Gasteiger partial charge in [0.2, 0.25) is 5.76 Å². The number of hydrogen-bond acceptors (Lipinski definition) is 5. The van der Waals surface area contributed by atoms with E-state index in [2.05, 4.69) is 0 Å². The van der Waals surface area contributed by atoms with E-state index >= 15 is 0 Å². The molecular weight excluding hydrogens is 290 g/mol. The van der Waals surface area contributed by atoms with Crippen molar-refractivity contribution in [3.05, 3.63) is 59.0 Å². The number of rotatable bonds is 6. The van der Waals surface area contributed by atoms with E-state index in [0.717, 1.165) is 0 Å². The second kappa shape index (κ2) is 6.23. The Labute approximate surface area is 125 Å². The summed E-state index contributed by atoms with van der Waals surface area (Å²) in [5.74, 6) is -2.87. The number of carboxylic acid groups (broad SMARTS) is 2. The van der Waals surface area contributed by atoms with E-state index < -0.39 is 18.0 Å². The highest BCUT2D eigenvalue weighted by Crippen LogP contribution is 2.17. The molecule has 2 aromatic rings. The van der Waals surface area contributed by atoms with Gasteiger partial charge in [-0.05, 0) is 29.8 Å². The molecule has 0 spiro atoms. The molecule has 1 heterocycles. The van der Waals surface area contributed by atoms with Gasteiger partial charge >= 0.3 is 11.9 Å². The summed E-state index contributed by atoms with van der Waals surface area (Å²) in [6.07, 6.45) is -0.00975. The van der Waals surface area contributed by atoms with E-state index in [4.69, 9.17) is 20.4 Å². The van der Waals surface area contributed by atoms with Crippen molar-refractivity contribution in [2.24, 2.45) is 5.73 Å². The third kappa shape index (κ3) is 3.39. The standard InChI is InChI=1S/C15H13NO6/c16-13(11-5-6-12(22-11)15(20)21)10(17)7-8-1-3-9(4-2-8)14(18)19/h1-6,13H,7,16H2,(H,18,19)(H,20,21). The van der Waals surface area contributed by atoms with E-state index in [1.165, 1.54) is 36.4 Å². The van der Waals surface area contributed by atoms with Crippen molar-refractivity contribution >= 4 is 17.7 Å². The number of carboxylic acids is 2. The summed E-state index contributed by atoms with van der Waals surface area (Å²) >= 11 is 0. The first-order valence-electron chi connectivity index (χ1n) is 6.32. The van der Waals surface area contributed by atoms with Crippen LogP contribution < -0.4 is 5.73 Å². The summed E-state index contributed by atoms with van der Waals surface area (Å²) in [7, 11) is 0. The van der Waals surface area contributed by atoms with Gasteiger partial charge in [0.25, 0.3) is 0 Å². The Morgan fingerprint density at radius 2 is 1.64 bits per heavy atom. The number of Topliss-reactive ketones (excluding diaryl/α,β-unsaturated/α-hetero) is 1. The third-order valence-electron chi connectivity index (χ3n) is 3.07. The van der Waals surface area contributed by atoms with Gasteiger partial charge in [0.05, 0.1) is 5.56 Å². The quantitative estimate of drug-likeness (QED) is 0.736. The van der Waals surface area contributed by atoms with Gasteiger partial charge in [-0.1, -0.05) is 12.1 Å². The molecule has 2 rings (SSSR count). The smallest absolute Gasteiger partial charge is 0.371 e. The minimum absolute atomic E-state index is 0.00975. The highest BCUT2D eigenvalue weighted by Gasteiger charge is 2.21. The zero-order valence-corrected chi connectivity index (χ0v) is 11.4. The highest BCUT2D eigenvalue weighted by atomic mass is 16.4. The molecule has 0 saturated heterocycles. The average Bonchev–Trinajstić information content (AvgIpc) is 2.97. The van der Waals surface area contributed by atoms with Crippen molar-refractivity contribution in [3.63, 3.8) is 0 Å². The number of benzene rings is 1. The molecule has 0 aliphatic rings. The molecule has 0 amide bonds. The van der Waals surface area contributed by atoms with Gasteiger partial charge in [-0.3, -0.25) is 4.79 Å². The predicted molar refractivity (Wildman–Crippen MR) is 74.7 cm³/mol. The predicted octanol–water partition coefficient (Wildman–Crippen LogP) is 1.49. The molecule has 0 aliphatic heterocycles. The van der Waals surface area contributed by atoms with Crippen LogP contribution in [-0.2, 0) is 11.2 Å². The molecular formula is C15H13NO6. The zero-order valence-electron chi connectivity index (χ0n) is 11.4. The number of carbonyl (C=O) groups is 3. The van der Waals surface area contributed by atoms with E-state index in [1.54, 1.807) is 0 Å². The second-order valence-electron chi connectivity index (χ2n) is 4.63. The number of aromatic carboxylic acids is 2. The third-order valence-corrected chi connectivity index (χ3v) is 3.07. The minimum Gasteiger partial charge on any atom is -0.478 e. The maximum absolute atomic E-state index is 12.1. The summed E-state index contributed by atoms with van der Waals surface area (Å²) in [6, 6.07) is 7.34. The van der Waals surface area contributed by atoms with E-state index in [1.807, 2.05) is 0 Å². The Hall–Kier alpha value is -2.93. The molecule has 1 aromatic heterocycles. The molecule has 0 bridgehead atoms. The molecule has 1 unspecified atom stereocenters. The van der Waals surface area contributed by atoms with Crippen LogP contribution in [0.5, 0.6) is 0 Å². The summed E-state index contributed by atoms with van der Waals surface area (Å²) in [5, 5.41) is 17.6. The normalized spacial score (nSPS) is 11.9. The van der Waals surface area contributed by atoms with Gasteiger partial charge in [-0.25, -0.2) is 9.59 Å². The Bertz CT molecular complexity index is 716. The minimum atomic E-state index is -1.24. The summed E-state index contributed by atoms with van der Waals surface area (Å²) in [4.78, 5) is 33.5. The zero-order chi connectivity index (χ0) is 16.3. The highest BCUT2D eigenvalue weighted by molar-refractivity contribution is 5.89. The SMILES string of the molecule is NC(C(=O)Cc1ccc(C(=O)O)cc1)c1ccc(C(=O)O)o1. The lowest BCUT2D eigenvalue weighted by Crippen LogP contribution is -2.22. The Kier molecular flexibility index (Phi) is 4.38.